The highest BCUT2D eigenvalue weighted by molar-refractivity contribution is 5.76. The maximum Gasteiger partial charge on any atom is 0.317 e. The van der Waals surface area contributed by atoms with E-state index in [0.717, 1.165) is 45.6 Å². The van der Waals surface area contributed by atoms with Gasteiger partial charge in [-0.2, -0.15) is 0 Å². The SMILES string of the molecule is NC1CCCN(CCN2CCNC2=O)c2ccccc21. The number of nitrogens with two attached hydrogens (primary N) is 1. The summed E-state index contributed by atoms with van der Waals surface area (Å²) in [5.41, 5.74) is 8.71. The van der Waals surface area contributed by atoms with Gasteiger partial charge in [-0.05, 0) is 24.5 Å². The fraction of sp³-hybridized carbons (Fsp3) is 0.533. The number of rotatable bonds is 3. The molecule has 3 rings (SSSR count). The van der Waals surface area contributed by atoms with Crippen molar-refractivity contribution < 1.29 is 4.79 Å². The first-order valence-electron chi connectivity index (χ1n) is 7.38. The first-order valence-corrected chi connectivity index (χ1v) is 7.38. The first kappa shape index (κ1) is 13.2. The molecule has 0 aromatic heterocycles. The maximum absolute atomic E-state index is 11.6. The van der Waals surface area contributed by atoms with E-state index in [4.69, 9.17) is 5.73 Å². The van der Waals surface area contributed by atoms with Gasteiger partial charge < -0.3 is 20.9 Å². The first-order chi connectivity index (χ1) is 9.75. The van der Waals surface area contributed by atoms with E-state index in [1.165, 1.54) is 11.3 Å². The Morgan fingerprint density at radius 2 is 2.00 bits per heavy atom. The van der Waals surface area contributed by atoms with Gasteiger partial charge in [-0.25, -0.2) is 4.79 Å². The molecular formula is C15H22N4O. The van der Waals surface area contributed by atoms with Crippen molar-refractivity contribution in [2.45, 2.75) is 18.9 Å². The van der Waals surface area contributed by atoms with Gasteiger partial charge in [0.1, 0.15) is 0 Å². The molecule has 0 aliphatic carbocycles. The van der Waals surface area contributed by atoms with Crippen molar-refractivity contribution in [2.24, 2.45) is 5.73 Å². The summed E-state index contributed by atoms with van der Waals surface area (Å²) in [7, 11) is 0. The molecule has 0 saturated carbocycles. The number of fused-ring (bicyclic) bond motifs is 1. The summed E-state index contributed by atoms with van der Waals surface area (Å²) in [5, 5.41) is 2.84. The van der Waals surface area contributed by atoms with Gasteiger partial charge >= 0.3 is 6.03 Å². The van der Waals surface area contributed by atoms with Crippen molar-refractivity contribution in [2.75, 3.05) is 37.6 Å². The van der Waals surface area contributed by atoms with Crippen LogP contribution in [0, 0.1) is 0 Å². The van der Waals surface area contributed by atoms with Crippen LogP contribution < -0.4 is 16.0 Å². The highest BCUT2D eigenvalue weighted by Crippen LogP contribution is 2.31. The maximum atomic E-state index is 11.6. The lowest BCUT2D eigenvalue weighted by atomic mass is 10.0. The van der Waals surface area contributed by atoms with E-state index < -0.39 is 0 Å². The van der Waals surface area contributed by atoms with E-state index in [9.17, 15) is 4.79 Å². The molecule has 1 aromatic rings. The molecule has 1 aromatic carbocycles. The topological polar surface area (TPSA) is 61.6 Å². The smallest absolute Gasteiger partial charge is 0.317 e. The van der Waals surface area contributed by atoms with Gasteiger partial charge in [-0.15, -0.1) is 0 Å². The predicted molar refractivity (Wildman–Crippen MR) is 79.8 cm³/mol. The van der Waals surface area contributed by atoms with Crippen molar-refractivity contribution in [3.05, 3.63) is 29.8 Å². The molecule has 0 spiro atoms. The van der Waals surface area contributed by atoms with Crippen molar-refractivity contribution in [1.29, 1.82) is 0 Å². The molecule has 0 radical (unpaired) electrons. The Bertz CT molecular complexity index is 491. The summed E-state index contributed by atoms with van der Waals surface area (Å²) in [5.74, 6) is 0. The lowest BCUT2D eigenvalue weighted by molar-refractivity contribution is 0.218. The summed E-state index contributed by atoms with van der Waals surface area (Å²) in [6.45, 7) is 4.24. The summed E-state index contributed by atoms with van der Waals surface area (Å²) in [6.07, 6.45) is 2.12. The Balaban J connectivity index is 1.72. The molecule has 2 amide bonds. The van der Waals surface area contributed by atoms with Gasteiger partial charge in [0.2, 0.25) is 0 Å². The molecule has 0 bridgehead atoms. The molecule has 2 aliphatic rings. The van der Waals surface area contributed by atoms with Gasteiger partial charge in [-0.1, -0.05) is 18.2 Å². The van der Waals surface area contributed by atoms with E-state index in [2.05, 4.69) is 34.5 Å². The van der Waals surface area contributed by atoms with Crippen LogP contribution in [0.25, 0.3) is 0 Å². The van der Waals surface area contributed by atoms with Gasteiger partial charge in [0.25, 0.3) is 0 Å². The quantitative estimate of drug-likeness (QED) is 0.873. The number of para-hydroxylation sites is 1. The Hall–Kier alpha value is -1.75. The third-order valence-electron chi connectivity index (χ3n) is 4.21. The zero-order valence-electron chi connectivity index (χ0n) is 11.7. The normalized spacial score (nSPS) is 22.4. The van der Waals surface area contributed by atoms with E-state index in [1.807, 2.05) is 4.90 Å². The molecule has 5 heteroatoms. The van der Waals surface area contributed by atoms with E-state index in [-0.39, 0.29) is 12.1 Å². The molecule has 1 unspecified atom stereocenters. The van der Waals surface area contributed by atoms with Crippen molar-refractivity contribution in [3.8, 4) is 0 Å². The molecule has 2 aliphatic heterocycles. The average molecular weight is 274 g/mol. The molecule has 1 fully saturated rings. The lowest BCUT2D eigenvalue weighted by Gasteiger charge is -2.27. The Kier molecular flexibility index (Phi) is 3.78. The van der Waals surface area contributed by atoms with Gasteiger partial charge in [0, 0.05) is 44.5 Å². The van der Waals surface area contributed by atoms with Crippen LogP contribution in [0.4, 0.5) is 10.5 Å². The number of urea groups is 1. The van der Waals surface area contributed by atoms with E-state index in [0.29, 0.717) is 0 Å². The second-order valence-electron chi connectivity index (χ2n) is 5.51. The highest BCUT2D eigenvalue weighted by atomic mass is 16.2. The monoisotopic (exact) mass is 274 g/mol. The van der Waals surface area contributed by atoms with Crippen LogP contribution in [0.2, 0.25) is 0 Å². The minimum Gasteiger partial charge on any atom is -0.369 e. The average Bonchev–Trinajstić information content (AvgIpc) is 2.80. The lowest BCUT2D eigenvalue weighted by Crippen LogP contribution is -2.37. The second-order valence-corrected chi connectivity index (χ2v) is 5.51. The Labute approximate surface area is 119 Å². The number of amides is 2. The van der Waals surface area contributed by atoms with E-state index >= 15 is 0 Å². The van der Waals surface area contributed by atoms with Crippen LogP contribution in [0.3, 0.4) is 0 Å². The van der Waals surface area contributed by atoms with Gasteiger partial charge in [-0.3, -0.25) is 0 Å². The van der Waals surface area contributed by atoms with Crippen LogP contribution in [0.15, 0.2) is 24.3 Å². The number of carbonyl (C=O) groups is 1. The number of hydrogen-bond acceptors (Lipinski definition) is 3. The largest absolute Gasteiger partial charge is 0.369 e. The van der Waals surface area contributed by atoms with Gasteiger partial charge in [0.05, 0.1) is 0 Å². The van der Waals surface area contributed by atoms with Crippen molar-refractivity contribution in [1.82, 2.24) is 10.2 Å². The zero-order chi connectivity index (χ0) is 13.9. The zero-order valence-corrected chi connectivity index (χ0v) is 11.7. The Morgan fingerprint density at radius 1 is 1.20 bits per heavy atom. The van der Waals surface area contributed by atoms with Crippen LogP contribution in [-0.4, -0.2) is 43.7 Å². The standard InChI is InChI=1S/C15H22N4O/c16-13-5-3-8-18(14-6-2-1-4-12(13)14)10-11-19-9-7-17-15(19)20/h1-2,4,6,13H,3,5,7-11,16H2,(H,17,20). The Morgan fingerprint density at radius 3 is 2.80 bits per heavy atom. The number of benzene rings is 1. The molecule has 108 valence electrons. The molecular weight excluding hydrogens is 252 g/mol. The van der Waals surface area contributed by atoms with Crippen LogP contribution >= 0.6 is 0 Å². The fourth-order valence-electron chi connectivity index (χ4n) is 3.07. The summed E-state index contributed by atoms with van der Waals surface area (Å²) >= 11 is 0. The van der Waals surface area contributed by atoms with Gasteiger partial charge in [0.15, 0.2) is 0 Å². The summed E-state index contributed by atoms with van der Waals surface area (Å²) in [4.78, 5) is 15.8. The number of carbonyl (C=O) groups excluding carboxylic acids is 1. The minimum absolute atomic E-state index is 0.0600. The fourth-order valence-corrected chi connectivity index (χ4v) is 3.07. The third kappa shape index (κ3) is 2.58. The predicted octanol–water partition coefficient (Wildman–Crippen LogP) is 1.31. The molecule has 1 atom stereocenters. The van der Waals surface area contributed by atoms with Crippen LogP contribution in [0.1, 0.15) is 24.4 Å². The van der Waals surface area contributed by atoms with Crippen molar-refractivity contribution >= 4 is 11.7 Å². The number of nitrogens with one attached hydrogen (secondary N) is 1. The second kappa shape index (κ2) is 5.71. The molecule has 2 heterocycles. The number of anilines is 1. The molecule has 5 nitrogen and oxygen atoms in total. The molecule has 20 heavy (non-hydrogen) atoms. The number of hydrogen-bond donors (Lipinski definition) is 2. The molecule has 3 N–H and O–H groups in total. The summed E-state index contributed by atoms with van der Waals surface area (Å²) < 4.78 is 0. The van der Waals surface area contributed by atoms with Crippen molar-refractivity contribution in [3.63, 3.8) is 0 Å². The number of nitrogens with zero attached hydrogens (tertiary/aromatic N) is 2. The highest BCUT2D eigenvalue weighted by Gasteiger charge is 2.23. The van der Waals surface area contributed by atoms with Crippen LogP contribution in [-0.2, 0) is 0 Å². The van der Waals surface area contributed by atoms with E-state index in [1.54, 1.807) is 0 Å². The summed E-state index contributed by atoms with van der Waals surface area (Å²) in [6, 6.07) is 8.57. The molecule has 1 saturated heterocycles. The third-order valence-corrected chi connectivity index (χ3v) is 4.21. The minimum atomic E-state index is 0.0600. The van der Waals surface area contributed by atoms with Crippen LogP contribution in [0.5, 0.6) is 0 Å².